The summed E-state index contributed by atoms with van der Waals surface area (Å²) in [5.74, 6) is 0.661. The normalized spacial score (nSPS) is 10.2. The van der Waals surface area contributed by atoms with Gasteiger partial charge in [-0.25, -0.2) is 0 Å². The van der Waals surface area contributed by atoms with Crippen LogP contribution < -0.4 is 10.6 Å². The summed E-state index contributed by atoms with van der Waals surface area (Å²) in [4.78, 5) is 11.7. The van der Waals surface area contributed by atoms with Crippen LogP contribution in [-0.4, -0.2) is 12.5 Å². The van der Waals surface area contributed by atoms with Crippen LogP contribution in [0.25, 0.3) is 0 Å². The molecule has 2 aromatic rings. The number of benzene rings is 1. The van der Waals surface area contributed by atoms with Crippen LogP contribution in [0.15, 0.2) is 45.5 Å². The SMILES string of the molecule is Cc1ccc(NCC(=O)NCc2ccco2)c(Br)c1. The minimum atomic E-state index is -0.0797. The van der Waals surface area contributed by atoms with Crippen molar-refractivity contribution in [3.63, 3.8) is 0 Å². The van der Waals surface area contributed by atoms with Crippen molar-refractivity contribution < 1.29 is 9.21 Å². The van der Waals surface area contributed by atoms with Gasteiger partial charge in [-0.15, -0.1) is 0 Å². The van der Waals surface area contributed by atoms with Crippen LogP contribution in [0.2, 0.25) is 0 Å². The highest BCUT2D eigenvalue weighted by atomic mass is 79.9. The fraction of sp³-hybridized carbons (Fsp3) is 0.214. The van der Waals surface area contributed by atoms with E-state index in [-0.39, 0.29) is 12.5 Å². The fourth-order valence-corrected chi connectivity index (χ4v) is 2.23. The summed E-state index contributed by atoms with van der Waals surface area (Å²) < 4.78 is 6.09. The van der Waals surface area contributed by atoms with E-state index in [9.17, 15) is 4.79 Å². The van der Waals surface area contributed by atoms with Crippen molar-refractivity contribution in [2.75, 3.05) is 11.9 Å². The molecule has 100 valence electrons. The number of carbonyl (C=O) groups is 1. The van der Waals surface area contributed by atoms with Gasteiger partial charge in [0.1, 0.15) is 5.76 Å². The van der Waals surface area contributed by atoms with Crippen LogP contribution in [-0.2, 0) is 11.3 Å². The first kappa shape index (κ1) is 13.7. The van der Waals surface area contributed by atoms with Gasteiger partial charge in [-0.3, -0.25) is 4.79 Å². The molecule has 0 aliphatic carbocycles. The maximum absolute atomic E-state index is 11.7. The van der Waals surface area contributed by atoms with Gasteiger partial charge in [0.05, 0.1) is 19.4 Å². The topological polar surface area (TPSA) is 54.3 Å². The molecule has 1 amide bonds. The maximum atomic E-state index is 11.7. The highest BCUT2D eigenvalue weighted by molar-refractivity contribution is 9.10. The molecule has 0 radical (unpaired) electrons. The molecule has 2 rings (SSSR count). The Kier molecular flexibility index (Phi) is 4.63. The van der Waals surface area contributed by atoms with Gasteiger partial charge in [-0.1, -0.05) is 6.07 Å². The molecule has 1 heterocycles. The zero-order chi connectivity index (χ0) is 13.7. The molecule has 2 N–H and O–H groups in total. The van der Waals surface area contributed by atoms with Crippen LogP contribution in [0.4, 0.5) is 5.69 Å². The lowest BCUT2D eigenvalue weighted by atomic mass is 10.2. The lowest BCUT2D eigenvalue weighted by Gasteiger charge is -2.09. The van der Waals surface area contributed by atoms with Gasteiger partial charge in [-0.2, -0.15) is 0 Å². The number of hydrogen-bond donors (Lipinski definition) is 2. The standard InChI is InChI=1S/C14H15BrN2O2/c1-10-4-5-13(12(15)7-10)16-9-14(18)17-8-11-3-2-6-19-11/h2-7,16H,8-9H2,1H3,(H,17,18). The first-order valence-corrected chi connectivity index (χ1v) is 6.73. The Hall–Kier alpha value is -1.75. The zero-order valence-electron chi connectivity index (χ0n) is 10.6. The molecule has 5 heteroatoms. The number of amides is 1. The molecule has 0 saturated carbocycles. The third-order valence-corrected chi connectivity index (χ3v) is 3.26. The van der Waals surface area contributed by atoms with Gasteiger partial charge < -0.3 is 15.1 Å². The van der Waals surface area contributed by atoms with E-state index in [1.54, 1.807) is 12.3 Å². The molecule has 0 spiro atoms. The van der Waals surface area contributed by atoms with E-state index < -0.39 is 0 Å². The molecule has 1 aromatic heterocycles. The fourth-order valence-electron chi connectivity index (χ4n) is 1.60. The van der Waals surface area contributed by atoms with Crippen molar-refractivity contribution in [1.29, 1.82) is 0 Å². The number of rotatable bonds is 5. The number of anilines is 1. The molecule has 0 saturated heterocycles. The van der Waals surface area contributed by atoms with Crippen molar-refractivity contribution in [3.05, 3.63) is 52.4 Å². The Morgan fingerprint density at radius 1 is 1.37 bits per heavy atom. The first-order chi connectivity index (χ1) is 9.15. The minimum absolute atomic E-state index is 0.0797. The van der Waals surface area contributed by atoms with Gasteiger partial charge in [0.15, 0.2) is 0 Å². The number of nitrogens with one attached hydrogen (secondary N) is 2. The van der Waals surface area contributed by atoms with Crippen molar-refractivity contribution in [2.45, 2.75) is 13.5 Å². The zero-order valence-corrected chi connectivity index (χ0v) is 12.2. The van der Waals surface area contributed by atoms with Gasteiger partial charge >= 0.3 is 0 Å². The average molecular weight is 323 g/mol. The highest BCUT2D eigenvalue weighted by Crippen LogP contribution is 2.22. The molecule has 1 aromatic carbocycles. The molecule has 0 atom stereocenters. The summed E-state index contributed by atoms with van der Waals surface area (Å²) >= 11 is 3.46. The summed E-state index contributed by atoms with van der Waals surface area (Å²) in [7, 11) is 0. The third-order valence-electron chi connectivity index (χ3n) is 2.60. The van der Waals surface area contributed by atoms with Gasteiger partial charge in [-0.05, 0) is 52.7 Å². The number of carbonyl (C=O) groups excluding carboxylic acids is 1. The average Bonchev–Trinajstić information content (AvgIpc) is 2.88. The van der Waals surface area contributed by atoms with Crippen LogP contribution >= 0.6 is 15.9 Å². The Bertz CT molecular complexity index is 553. The molecule has 19 heavy (non-hydrogen) atoms. The van der Waals surface area contributed by atoms with Crippen molar-refractivity contribution in [1.82, 2.24) is 5.32 Å². The van der Waals surface area contributed by atoms with E-state index >= 15 is 0 Å². The van der Waals surface area contributed by atoms with E-state index in [4.69, 9.17) is 4.42 Å². The highest BCUT2D eigenvalue weighted by Gasteiger charge is 2.04. The Morgan fingerprint density at radius 2 is 2.21 bits per heavy atom. The van der Waals surface area contributed by atoms with Crippen LogP contribution in [0.1, 0.15) is 11.3 Å². The largest absolute Gasteiger partial charge is 0.467 e. The second kappa shape index (κ2) is 6.43. The molecule has 0 unspecified atom stereocenters. The molecule has 0 aliphatic rings. The van der Waals surface area contributed by atoms with Gasteiger partial charge in [0, 0.05) is 10.2 Å². The van der Waals surface area contributed by atoms with E-state index in [1.165, 1.54) is 5.56 Å². The van der Waals surface area contributed by atoms with Crippen LogP contribution in [0.5, 0.6) is 0 Å². The number of aryl methyl sites for hydroxylation is 1. The molecular weight excluding hydrogens is 308 g/mol. The van der Waals surface area contributed by atoms with Crippen molar-refractivity contribution >= 4 is 27.5 Å². The lowest BCUT2D eigenvalue weighted by Crippen LogP contribution is -2.29. The van der Waals surface area contributed by atoms with Gasteiger partial charge in [0.2, 0.25) is 5.91 Å². The second-order valence-corrected chi connectivity index (χ2v) is 5.05. The van der Waals surface area contributed by atoms with Gasteiger partial charge in [0.25, 0.3) is 0 Å². The number of halogens is 1. The summed E-state index contributed by atoms with van der Waals surface area (Å²) in [6.07, 6.45) is 1.59. The smallest absolute Gasteiger partial charge is 0.239 e. The maximum Gasteiger partial charge on any atom is 0.239 e. The van der Waals surface area contributed by atoms with E-state index in [1.807, 2.05) is 31.2 Å². The summed E-state index contributed by atoms with van der Waals surface area (Å²) in [5, 5.41) is 5.86. The molecule has 4 nitrogen and oxygen atoms in total. The predicted molar refractivity (Wildman–Crippen MR) is 77.9 cm³/mol. The first-order valence-electron chi connectivity index (χ1n) is 5.94. The lowest BCUT2D eigenvalue weighted by molar-refractivity contribution is -0.119. The second-order valence-electron chi connectivity index (χ2n) is 4.19. The molecule has 0 aliphatic heterocycles. The van der Waals surface area contributed by atoms with E-state index in [0.29, 0.717) is 6.54 Å². The number of furan rings is 1. The predicted octanol–water partition coefficient (Wildman–Crippen LogP) is 3.08. The Labute approximate surface area is 120 Å². The minimum Gasteiger partial charge on any atom is -0.467 e. The summed E-state index contributed by atoms with van der Waals surface area (Å²) in [6.45, 7) is 2.65. The van der Waals surface area contributed by atoms with Crippen LogP contribution in [0, 0.1) is 6.92 Å². The molecule has 0 bridgehead atoms. The van der Waals surface area contributed by atoms with Crippen molar-refractivity contribution in [3.8, 4) is 0 Å². The summed E-state index contributed by atoms with van der Waals surface area (Å²) in [6, 6.07) is 9.56. The quantitative estimate of drug-likeness (QED) is 0.889. The third kappa shape index (κ3) is 4.13. The van der Waals surface area contributed by atoms with E-state index in [2.05, 4.69) is 26.6 Å². The monoisotopic (exact) mass is 322 g/mol. The van der Waals surface area contributed by atoms with E-state index in [0.717, 1.165) is 15.9 Å². The Morgan fingerprint density at radius 3 is 2.89 bits per heavy atom. The number of hydrogen-bond acceptors (Lipinski definition) is 3. The Balaban J connectivity index is 1.80. The molecule has 0 fully saturated rings. The van der Waals surface area contributed by atoms with Crippen molar-refractivity contribution in [2.24, 2.45) is 0 Å². The summed E-state index contributed by atoms with van der Waals surface area (Å²) in [5.41, 5.74) is 2.07. The molecular formula is C14H15BrN2O2. The van der Waals surface area contributed by atoms with Crippen LogP contribution in [0.3, 0.4) is 0 Å².